The van der Waals surface area contributed by atoms with Crippen LogP contribution >= 0.6 is 11.3 Å². The summed E-state index contributed by atoms with van der Waals surface area (Å²) in [6, 6.07) is 19.2. The number of nitrogens with zero attached hydrogens (tertiary/aromatic N) is 4. The molecular formula is C26H23N5OS. The number of hydrogen-bond donors (Lipinski definition) is 1. The molecule has 1 aliphatic carbocycles. The van der Waals surface area contributed by atoms with E-state index in [2.05, 4.69) is 69.7 Å². The average Bonchev–Trinajstić information content (AvgIpc) is 3.56. The number of anilines is 2. The van der Waals surface area contributed by atoms with E-state index in [4.69, 9.17) is 6.42 Å². The van der Waals surface area contributed by atoms with Crippen molar-refractivity contribution in [2.75, 3.05) is 36.4 Å². The first-order valence-electron chi connectivity index (χ1n) is 11.0. The van der Waals surface area contributed by atoms with Crippen LogP contribution in [0.4, 0.5) is 16.3 Å². The summed E-state index contributed by atoms with van der Waals surface area (Å²) in [6.45, 7) is 2.80. The summed E-state index contributed by atoms with van der Waals surface area (Å²) >= 11 is 1.34. The number of aromatic nitrogens is 1. The van der Waals surface area contributed by atoms with Gasteiger partial charge in [-0.2, -0.15) is 5.26 Å². The number of terminal acetylenes is 1. The number of urea groups is 1. The second kappa shape index (κ2) is 8.61. The molecule has 2 amide bonds. The minimum atomic E-state index is -0.273. The maximum atomic E-state index is 12.5. The van der Waals surface area contributed by atoms with E-state index in [1.54, 1.807) is 10.3 Å². The summed E-state index contributed by atoms with van der Waals surface area (Å²) in [5, 5.41) is 14.6. The summed E-state index contributed by atoms with van der Waals surface area (Å²) in [4.78, 5) is 20.8. The van der Waals surface area contributed by atoms with Crippen LogP contribution < -0.4 is 10.2 Å². The third-order valence-corrected chi connectivity index (χ3v) is 7.15. The number of thiazole rings is 1. The minimum absolute atomic E-state index is 0.149. The zero-order chi connectivity index (χ0) is 22.8. The van der Waals surface area contributed by atoms with Gasteiger partial charge in [0.1, 0.15) is 5.82 Å². The van der Waals surface area contributed by atoms with Crippen LogP contribution in [0, 0.1) is 23.7 Å². The van der Waals surface area contributed by atoms with E-state index >= 15 is 0 Å². The summed E-state index contributed by atoms with van der Waals surface area (Å²) in [5.41, 5.74) is 4.27. The highest BCUT2D eigenvalue weighted by Gasteiger charge is 2.44. The zero-order valence-electron chi connectivity index (χ0n) is 18.1. The minimum Gasteiger partial charge on any atom is -0.368 e. The molecule has 6 nitrogen and oxygen atoms in total. The predicted octanol–water partition coefficient (Wildman–Crippen LogP) is 4.70. The Morgan fingerprint density at radius 1 is 1.09 bits per heavy atom. The lowest BCUT2D eigenvalue weighted by atomic mass is 9.94. The van der Waals surface area contributed by atoms with Crippen molar-refractivity contribution in [2.24, 2.45) is 0 Å². The number of nitrogens with one attached hydrogen (secondary N) is 1. The van der Waals surface area contributed by atoms with Crippen LogP contribution in [0.5, 0.6) is 0 Å². The highest BCUT2D eigenvalue weighted by molar-refractivity contribution is 7.10. The molecule has 1 saturated heterocycles. The number of rotatable bonds is 4. The second-order valence-electron chi connectivity index (χ2n) is 8.41. The second-order valence-corrected chi connectivity index (χ2v) is 9.27. The number of nitriles is 1. The van der Waals surface area contributed by atoms with Crippen molar-refractivity contribution in [3.05, 3.63) is 64.5 Å². The SMILES string of the molecule is C#Cc1nc(NC(=O)N2CCN(c3ccc(-c4cccc(C5(C#N)CC5)c4)cc3)CC2)cs1. The zero-order valence-corrected chi connectivity index (χ0v) is 18.9. The van der Waals surface area contributed by atoms with E-state index in [0.29, 0.717) is 23.9 Å². The van der Waals surface area contributed by atoms with E-state index in [1.165, 1.54) is 11.3 Å². The van der Waals surface area contributed by atoms with Crippen LogP contribution in [-0.4, -0.2) is 42.1 Å². The quantitative estimate of drug-likeness (QED) is 0.581. The Balaban J connectivity index is 1.20. The molecule has 1 aromatic heterocycles. The Bertz CT molecular complexity index is 1250. The van der Waals surface area contributed by atoms with E-state index in [1.807, 2.05) is 6.07 Å². The van der Waals surface area contributed by atoms with Crippen molar-refractivity contribution in [1.29, 1.82) is 5.26 Å². The smallest absolute Gasteiger partial charge is 0.323 e. The van der Waals surface area contributed by atoms with Gasteiger partial charge in [-0.1, -0.05) is 30.3 Å². The molecule has 0 atom stereocenters. The Morgan fingerprint density at radius 2 is 1.85 bits per heavy atom. The topological polar surface area (TPSA) is 72.3 Å². The summed E-state index contributed by atoms with van der Waals surface area (Å²) in [7, 11) is 0. The van der Waals surface area contributed by atoms with Crippen LogP contribution in [0.2, 0.25) is 0 Å². The van der Waals surface area contributed by atoms with Gasteiger partial charge in [0.15, 0.2) is 5.01 Å². The molecule has 2 aromatic carbocycles. The van der Waals surface area contributed by atoms with Crippen LogP contribution in [-0.2, 0) is 5.41 Å². The molecule has 2 aliphatic rings. The first-order valence-corrected chi connectivity index (χ1v) is 11.8. The van der Waals surface area contributed by atoms with Gasteiger partial charge in [-0.05, 0) is 53.7 Å². The first kappa shape index (κ1) is 21.1. The molecule has 2 fully saturated rings. The van der Waals surface area contributed by atoms with Crippen molar-refractivity contribution < 1.29 is 4.79 Å². The van der Waals surface area contributed by atoms with Crippen molar-refractivity contribution in [2.45, 2.75) is 18.3 Å². The molecule has 0 bridgehead atoms. The Morgan fingerprint density at radius 3 is 2.48 bits per heavy atom. The lowest BCUT2D eigenvalue weighted by Crippen LogP contribution is -2.50. The molecule has 2 heterocycles. The maximum Gasteiger partial charge on any atom is 0.323 e. The third kappa shape index (κ3) is 4.28. The summed E-state index contributed by atoms with van der Waals surface area (Å²) < 4.78 is 0. The molecule has 0 spiro atoms. The fourth-order valence-electron chi connectivity index (χ4n) is 4.20. The largest absolute Gasteiger partial charge is 0.368 e. The molecule has 3 aromatic rings. The van der Waals surface area contributed by atoms with E-state index in [0.717, 1.165) is 48.3 Å². The lowest BCUT2D eigenvalue weighted by molar-refractivity contribution is 0.208. The standard InChI is InChI=1S/C26H23N5OS/c1-2-24-28-23(17-33-24)29-25(32)31-14-12-30(13-15-31)22-8-6-19(7-9-22)20-4-3-5-21(16-20)26(18-27)10-11-26/h1,3-9,16-17H,10-15H2,(H,29,32). The molecule has 1 aliphatic heterocycles. The van der Waals surface area contributed by atoms with Gasteiger partial charge in [-0.3, -0.25) is 5.32 Å². The Labute approximate surface area is 197 Å². The monoisotopic (exact) mass is 453 g/mol. The van der Waals surface area contributed by atoms with Crippen LogP contribution in [0.15, 0.2) is 53.9 Å². The Hall–Kier alpha value is -3.81. The van der Waals surface area contributed by atoms with E-state index in [-0.39, 0.29) is 11.4 Å². The van der Waals surface area contributed by atoms with Gasteiger partial charge in [0.2, 0.25) is 0 Å². The van der Waals surface area contributed by atoms with E-state index in [9.17, 15) is 10.1 Å². The molecular weight excluding hydrogens is 430 g/mol. The van der Waals surface area contributed by atoms with Crippen LogP contribution in [0.1, 0.15) is 23.4 Å². The molecule has 164 valence electrons. The highest BCUT2D eigenvalue weighted by Crippen LogP contribution is 2.48. The van der Waals surface area contributed by atoms with Gasteiger partial charge in [-0.15, -0.1) is 17.8 Å². The van der Waals surface area contributed by atoms with Gasteiger partial charge < -0.3 is 9.80 Å². The Kier molecular flexibility index (Phi) is 5.50. The molecule has 1 saturated carbocycles. The van der Waals surface area contributed by atoms with Gasteiger partial charge in [0.25, 0.3) is 0 Å². The number of carbonyl (C=O) groups is 1. The number of hydrogen-bond acceptors (Lipinski definition) is 5. The maximum absolute atomic E-state index is 12.5. The van der Waals surface area contributed by atoms with Gasteiger partial charge in [0, 0.05) is 37.2 Å². The fraction of sp³-hybridized carbons (Fsp3) is 0.269. The molecule has 0 radical (unpaired) electrons. The molecule has 7 heteroatoms. The number of piperazine rings is 1. The average molecular weight is 454 g/mol. The molecule has 33 heavy (non-hydrogen) atoms. The number of carbonyl (C=O) groups excluding carboxylic acids is 1. The van der Waals surface area contributed by atoms with Crippen molar-refractivity contribution in [3.63, 3.8) is 0 Å². The predicted molar refractivity (Wildman–Crippen MR) is 131 cm³/mol. The number of amides is 2. The normalized spacial score (nSPS) is 16.5. The molecule has 0 unspecified atom stereocenters. The third-order valence-electron chi connectivity index (χ3n) is 6.37. The summed E-state index contributed by atoms with van der Waals surface area (Å²) in [6.07, 6.45) is 7.24. The van der Waals surface area contributed by atoms with Crippen LogP contribution in [0.25, 0.3) is 11.1 Å². The van der Waals surface area contributed by atoms with Gasteiger partial charge in [-0.25, -0.2) is 9.78 Å². The molecule has 5 rings (SSSR count). The first-order chi connectivity index (χ1) is 16.1. The van der Waals surface area contributed by atoms with Crippen molar-refractivity contribution in [3.8, 4) is 29.5 Å². The van der Waals surface area contributed by atoms with Crippen LogP contribution in [0.3, 0.4) is 0 Å². The number of benzene rings is 2. The summed E-state index contributed by atoms with van der Waals surface area (Å²) in [5.74, 6) is 2.98. The fourth-order valence-corrected chi connectivity index (χ4v) is 4.76. The van der Waals surface area contributed by atoms with Crippen molar-refractivity contribution >= 4 is 28.9 Å². The lowest BCUT2D eigenvalue weighted by Gasteiger charge is -2.36. The molecule has 1 N–H and O–H groups in total. The van der Waals surface area contributed by atoms with Gasteiger partial charge >= 0.3 is 6.03 Å². The highest BCUT2D eigenvalue weighted by atomic mass is 32.1. The van der Waals surface area contributed by atoms with E-state index < -0.39 is 0 Å². The van der Waals surface area contributed by atoms with Gasteiger partial charge in [0.05, 0.1) is 11.5 Å². The van der Waals surface area contributed by atoms with Crippen molar-refractivity contribution in [1.82, 2.24) is 9.88 Å².